The second kappa shape index (κ2) is 11.3. The van der Waals surface area contributed by atoms with Gasteiger partial charge in [-0.2, -0.15) is 0 Å². The second-order valence-corrected chi connectivity index (χ2v) is 13.1. The zero-order chi connectivity index (χ0) is 31.4. The Morgan fingerprint density at radius 2 is 1.52 bits per heavy atom. The van der Waals surface area contributed by atoms with Gasteiger partial charge in [0.15, 0.2) is 0 Å². The third kappa shape index (κ3) is 4.45. The largest absolute Gasteiger partial charge is 0.394 e. The van der Waals surface area contributed by atoms with Crippen molar-refractivity contribution in [2.75, 3.05) is 29.5 Å². The van der Waals surface area contributed by atoms with Crippen molar-refractivity contribution in [2.45, 2.75) is 70.7 Å². The smallest absolute Gasteiger partial charge is 0.253 e. The Morgan fingerprint density at radius 3 is 2.16 bits per heavy atom. The molecule has 2 aromatic carbocycles. The van der Waals surface area contributed by atoms with Gasteiger partial charge in [-0.15, -0.1) is 0 Å². The van der Waals surface area contributed by atoms with Crippen LogP contribution in [-0.2, 0) is 19.1 Å². The van der Waals surface area contributed by atoms with Gasteiger partial charge in [-0.1, -0.05) is 81.5 Å². The number of likely N-dealkylation sites (tertiary alicyclic amines) is 1. The number of anilines is 2. The Kier molecular flexibility index (Phi) is 7.79. The van der Waals surface area contributed by atoms with Gasteiger partial charge in [0.1, 0.15) is 11.6 Å². The topological polar surface area (TPSA) is 90.4 Å². The van der Waals surface area contributed by atoms with E-state index in [9.17, 15) is 19.5 Å². The van der Waals surface area contributed by atoms with Crippen molar-refractivity contribution in [3.8, 4) is 0 Å². The first-order valence-corrected chi connectivity index (χ1v) is 15.8. The van der Waals surface area contributed by atoms with Crippen LogP contribution in [0.25, 0.3) is 0 Å². The Balaban J connectivity index is 1.54. The monoisotopic (exact) mass is 597 g/mol. The van der Waals surface area contributed by atoms with Crippen LogP contribution in [0, 0.1) is 31.6 Å². The van der Waals surface area contributed by atoms with Crippen molar-refractivity contribution in [3.63, 3.8) is 0 Å². The highest BCUT2D eigenvalue weighted by Gasteiger charge is 2.76. The molecule has 8 nitrogen and oxygen atoms in total. The van der Waals surface area contributed by atoms with Crippen LogP contribution in [0.3, 0.4) is 0 Å². The molecule has 8 heteroatoms. The number of hydrogen-bond acceptors (Lipinski definition) is 5. The summed E-state index contributed by atoms with van der Waals surface area (Å²) in [4.78, 5) is 49.6. The minimum Gasteiger partial charge on any atom is -0.394 e. The van der Waals surface area contributed by atoms with Gasteiger partial charge in [0.25, 0.3) is 5.91 Å². The fourth-order valence-electron chi connectivity index (χ4n) is 8.19. The summed E-state index contributed by atoms with van der Waals surface area (Å²) in [5, 5.41) is 10.7. The van der Waals surface area contributed by atoms with Crippen molar-refractivity contribution in [2.24, 2.45) is 17.8 Å². The summed E-state index contributed by atoms with van der Waals surface area (Å²) in [6.07, 6.45) is 8.67. The third-order valence-corrected chi connectivity index (χ3v) is 10.0. The number of nitrogens with zero attached hydrogens (tertiary/aromatic N) is 3. The van der Waals surface area contributed by atoms with Crippen molar-refractivity contribution >= 4 is 29.1 Å². The molecule has 0 bridgehead atoms. The first-order chi connectivity index (χ1) is 21.1. The molecular formula is C36H43N3O5. The van der Waals surface area contributed by atoms with Crippen molar-refractivity contribution in [1.82, 2.24) is 4.90 Å². The molecule has 0 aliphatic carbocycles. The summed E-state index contributed by atoms with van der Waals surface area (Å²) < 4.78 is 7.13. The number of fused-ring (bicyclic) bond motifs is 2. The highest BCUT2D eigenvalue weighted by atomic mass is 16.5. The van der Waals surface area contributed by atoms with E-state index in [1.807, 2.05) is 107 Å². The number of carbonyl (C=O) groups excluding carboxylic acids is 3. The number of benzene rings is 2. The minimum atomic E-state index is -1.38. The Hall–Kier alpha value is -3.75. The average Bonchev–Trinajstić information content (AvgIpc) is 3.30. The average molecular weight is 598 g/mol. The van der Waals surface area contributed by atoms with E-state index in [4.69, 9.17) is 4.74 Å². The molecular weight excluding hydrogens is 554 g/mol. The summed E-state index contributed by atoms with van der Waals surface area (Å²) in [6, 6.07) is 13.7. The maximum atomic E-state index is 15.0. The van der Waals surface area contributed by atoms with Gasteiger partial charge in [-0.3, -0.25) is 14.4 Å². The molecule has 232 valence electrons. The SMILES string of the molecule is CC[C@]12C=CCN(c3ccccc3)C(=O)[C@H]1[C@H]1C(=O)N([C@@H](CO)CC(C)C)C3C(=O)N(c4c(C)cccc4C)CC=C[C@@]31O2. The molecule has 1 unspecified atom stereocenters. The third-order valence-electron chi connectivity index (χ3n) is 10.0. The van der Waals surface area contributed by atoms with Gasteiger partial charge in [-0.25, -0.2) is 0 Å². The van der Waals surface area contributed by atoms with E-state index in [1.54, 1.807) is 14.7 Å². The number of ether oxygens (including phenoxy) is 1. The number of aliphatic hydroxyl groups is 1. The van der Waals surface area contributed by atoms with Crippen LogP contribution in [0.1, 0.15) is 44.7 Å². The van der Waals surface area contributed by atoms with E-state index < -0.39 is 35.1 Å². The summed E-state index contributed by atoms with van der Waals surface area (Å²) in [5.74, 6) is -2.39. The molecule has 0 saturated carbocycles. The van der Waals surface area contributed by atoms with E-state index >= 15 is 0 Å². The molecule has 44 heavy (non-hydrogen) atoms. The second-order valence-electron chi connectivity index (χ2n) is 13.1. The zero-order valence-corrected chi connectivity index (χ0v) is 26.3. The van der Waals surface area contributed by atoms with Gasteiger partial charge in [-0.05, 0) is 55.9 Å². The number of rotatable bonds is 7. The molecule has 2 saturated heterocycles. The van der Waals surface area contributed by atoms with Gasteiger partial charge in [0.2, 0.25) is 11.8 Å². The quantitative estimate of drug-likeness (QED) is 0.472. The lowest BCUT2D eigenvalue weighted by Crippen LogP contribution is -2.59. The van der Waals surface area contributed by atoms with Crippen LogP contribution in [0.2, 0.25) is 0 Å². The molecule has 6 atom stereocenters. The molecule has 3 amide bonds. The fraction of sp³-hybridized carbons (Fsp3) is 0.472. The van der Waals surface area contributed by atoms with E-state index in [0.29, 0.717) is 25.9 Å². The molecule has 0 radical (unpaired) electrons. The van der Waals surface area contributed by atoms with E-state index in [2.05, 4.69) is 0 Å². The Labute approximate surface area is 260 Å². The highest BCUT2D eigenvalue weighted by molar-refractivity contribution is 6.08. The summed E-state index contributed by atoms with van der Waals surface area (Å²) >= 11 is 0. The molecule has 4 aliphatic heterocycles. The van der Waals surface area contributed by atoms with Crippen LogP contribution in [-0.4, -0.2) is 70.7 Å². The van der Waals surface area contributed by atoms with Crippen LogP contribution < -0.4 is 9.80 Å². The van der Waals surface area contributed by atoms with E-state index in [-0.39, 0.29) is 30.2 Å². The molecule has 1 N–H and O–H groups in total. The lowest BCUT2D eigenvalue weighted by Gasteiger charge is -2.41. The lowest BCUT2D eigenvalue weighted by atomic mass is 9.73. The predicted octanol–water partition coefficient (Wildman–Crippen LogP) is 4.58. The van der Waals surface area contributed by atoms with E-state index in [1.165, 1.54) is 0 Å². The molecule has 1 spiro atoms. The number of para-hydroxylation sites is 2. The number of aryl methyl sites for hydroxylation is 2. The van der Waals surface area contributed by atoms with Crippen molar-refractivity contribution < 1.29 is 24.2 Å². The normalized spacial score (nSPS) is 30.4. The first kappa shape index (κ1) is 30.3. The number of carbonyl (C=O) groups is 3. The molecule has 2 aromatic rings. The van der Waals surface area contributed by atoms with Crippen LogP contribution in [0.4, 0.5) is 11.4 Å². The standard InChI is InChI=1S/C36H43N3O5/c1-6-35-17-11-19-37(26-15-8-7-9-16-26)32(41)28(35)29-33(42)39(27(22-40)21-23(2)3)31-34(43)38(20-12-18-36(29,31)44-35)30-24(4)13-10-14-25(30)5/h7-18,23,27-29,31,40H,6,19-22H2,1-5H3/t27-,28-,29+,31?,35+,36+/m1/s1. The number of aliphatic hydroxyl groups excluding tert-OH is 1. The molecule has 0 aromatic heterocycles. The molecule has 4 aliphatic rings. The van der Waals surface area contributed by atoms with Gasteiger partial charge in [0, 0.05) is 24.5 Å². The summed E-state index contributed by atoms with van der Waals surface area (Å²) in [6.45, 7) is 10.4. The van der Waals surface area contributed by atoms with Crippen molar-refractivity contribution in [1.29, 1.82) is 0 Å². The summed E-state index contributed by atoms with van der Waals surface area (Å²) in [7, 11) is 0. The maximum absolute atomic E-state index is 15.0. The lowest BCUT2D eigenvalue weighted by molar-refractivity contribution is -0.149. The van der Waals surface area contributed by atoms with Gasteiger partial charge in [0.05, 0.1) is 30.1 Å². The van der Waals surface area contributed by atoms with Crippen LogP contribution in [0.15, 0.2) is 72.8 Å². The highest BCUT2D eigenvalue weighted by Crippen LogP contribution is 2.59. The Bertz CT molecular complexity index is 1500. The molecule has 6 rings (SSSR count). The summed E-state index contributed by atoms with van der Waals surface area (Å²) in [5.41, 5.74) is 1.00. The zero-order valence-electron chi connectivity index (χ0n) is 26.3. The van der Waals surface area contributed by atoms with Crippen LogP contribution in [0.5, 0.6) is 0 Å². The first-order valence-electron chi connectivity index (χ1n) is 15.8. The van der Waals surface area contributed by atoms with Gasteiger partial charge >= 0.3 is 0 Å². The van der Waals surface area contributed by atoms with Crippen LogP contribution >= 0.6 is 0 Å². The number of amides is 3. The van der Waals surface area contributed by atoms with E-state index in [0.717, 1.165) is 22.5 Å². The Morgan fingerprint density at radius 1 is 0.864 bits per heavy atom. The van der Waals surface area contributed by atoms with Crippen molar-refractivity contribution in [3.05, 3.63) is 84.0 Å². The number of hydrogen-bond donors (Lipinski definition) is 1. The fourth-order valence-corrected chi connectivity index (χ4v) is 8.19. The maximum Gasteiger partial charge on any atom is 0.253 e. The predicted molar refractivity (Wildman–Crippen MR) is 170 cm³/mol. The molecule has 4 heterocycles. The van der Waals surface area contributed by atoms with Gasteiger partial charge < -0.3 is 24.5 Å². The molecule has 2 fully saturated rings. The minimum absolute atomic E-state index is 0.161.